The van der Waals surface area contributed by atoms with Gasteiger partial charge in [0.25, 0.3) is 11.8 Å². The van der Waals surface area contributed by atoms with Crippen LogP contribution in [0.5, 0.6) is 0 Å². The molecule has 6 nitrogen and oxygen atoms in total. The number of hydrogen-bond acceptors (Lipinski definition) is 5. The molecule has 33 heavy (non-hydrogen) atoms. The third kappa shape index (κ3) is 4.20. The van der Waals surface area contributed by atoms with E-state index in [0.717, 1.165) is 35.0 Å². The standard InChI is InChI=1S/C25H25N3O3S2/c1-5-16(4)28-24(31)22(33-25(28)32)21-17-8-6-7-9-19(17)27(23(21)30)13-20(29)26-18-12-14(2)10-11-15(18)3/h6-12,16H,5,13H2,1-4H3,(H,26,29)/b22-21-/t16-/m1/s1. The van der Waals surface area contributed by atoms with Crippen molar-refractivity contribution in [3.05, 3.63) is 64.1 Å². The van der Waals surface area contributed by atoms with Crippen molar-refractivity contribution >= 4 is 63.0 Å². The Kier molecular flexibility index (Phi) is 6.41. The van der Waals surface area contributed by atoms with Gasteiger partial charge in [-0.05, 0) is 50.5 Å². The van der Waals surface area contributed by atoms with Crippen LogP contribution in [0.2, 0.25) is 0 Å². The Labute approximate surface area is 203 Å². The number of nitrogens with zero attached hydrogens (tertiary/aromatic N) is 2. The van der Waals surface area contributed by atoms with E-state index < -0.39 is 0 Å². The number of thioether (sulfide) groups is 1. The fourth-order valence-electron chi connectivity index (χ4n) is 3.95. The number of fused-ring (bicyclic) bond motifs is 1. The zero-order valence-corrected chi connectivity index (χ0v) is 20.6. The average Bonchev–Trinajstić information content (AvgIpc) is 3.22. The van der Waals surface area contributed by atoms with Gasteiger partial charge in [-0.15, -0.1) is 0 Å². The molecule has 1 N–H and O–H groups in total. The molecule has 0 spiro atoms. The second-order valence-electron chi connectivity index (χ2n) is 8.28. The summed E-state index contributed by atoms with van der Waals surface area (Å²) in [6.07, 6.45) is 0.754. The van der Waals surface area contributed by atoms with Crippen LogP contribution in [0.3, 0.4) is 0 Å². The second-order valence-corrected chi connectivity index (χ2v) is 9.92. The number of amides is 3. The minimum absolute atomic E-state index is 0.0539. The Morgan fingerprint density at radius 1 is 1.12 bits per heavy atom. The van der Waals surface area contributed by atoms with Gasteiger partial charge in [0.15, 0.2) is 0 Å². The summed E-state index contributed by atoms with van der Waals surface area (Å²) in [6, 6.07) is 13.0. The summed E-state index contributed by atoms with van der Waals surface area (Å²) in [5, 5.41) is 2.91. The lowest BCUT2D eigenvalue weighted by Crippen LogP contribution is -2.37. The average molecular weight is 480 g/mol. The second kappa shape index (κ2) is 9.11. The summed E-state index contributed by atoms with van der Waals surface area (Å²) in [4.78, 5) is 43.0. The van der Waals surface area contributed by atoms with Crippen LogP contribution in [0.25, 0.3) is 5.57 Å². The van der Waals surface area contributed by atoms with Crippen LogP contribution in [0, 0.1) is 13.8 Å². The first-order valence-electron chi connectivity index (χ1n) is 10.8. The number of benzene rings is 2. The van der Waals surface area contributed by atoms with Gasteiger partial charge < -0.3 is 5.32 Å². The number of aryl methyl sites for hydroxylation is 2. The Bertz CT molecular complexity index is 1220. The monoisotopic (exact) mass is 479 g/mol. The molecule has 3 amide bonds. The van der Waals surface area contributed by atoms with Crippen LogP contribution in [0.1, 0.15) is 37.0 Å². The molecule has 2 aromatic rings. The molecule has 2 aliphatic rings. The van der Waals surface area contributed by atoms with Gasteiger partial charge in [-0.25, -0.2) is 0 Å². The first-order valence-corrected chi connectivity index (χ1v) is 12.0. The van der Waals surface area contributed by atoms with Gasteiger partial charge >= 0.3 is 0 Å². The van der Waals surface area contributed by atoms with E-state index in [9.17, 15) is 14.4 Å². The number of para-hydroxylation sites is 1. The number of hydrogen-bond donors (Lipinski definition) is 1. The molecule has 2 heterocycles. The van der Waals surface area contributed by atoms with Crippen molar-refractivity contribution in [1.82, 2.24) is 4.90 Å². The molecule has 1 fully saturated rings. The van der Waals surface area contributed by atoms with E-state index in [1.54, 1.807) is 17.0 Å². The maximum Gasteiger partial charge on any atom is 0.267 e. The van der Waals surface area contributed by atoms with Gasteiger partial charge in [-0.3, -0.25) is 24.2 Å². The molecular formula is C25H25N3O3S2. The quantitative estimate of drug-likeness (QED) is 0.499. The normalized spacial score (nSPS) is 18.7. The fraction of sp³-hybridized carbons (Fsp3) is 0.280. The predicted molar refractivity (Wildman–Crippen MR) is 137 cm³/mol. The lowest BCUT2D eigenvalue weighted by atomic mass is 10.1. The molecule has 0 aliphatic carbocycles. The van der Waals surface area contributed by atoms with Crippen molar-refractivity contribution < 1.29 is 14.4 Å². The number of rotatable bonds is 5. The first kappa shape index (κ1) is 23.2. The molecule has 1 atom stereocenters. The van der Waals surface area contributed by atoms with Crippen molar-refractivity contribution in [2.45, 2.75) is 40.2 Å². The largest absolute Gasteiger partial charge is 0.324 e. The summed E-state index contributed by atoms with van der Waals surface area (Å²) in [5.74, 6) is -0.920. The SMILES string of the molecule is CC[C@@H](C)N1C(=O)/C(=C2/C(=O)N(CC(=O)Nc3cc(C)ccc3C)c3ccccc32)SC1=S. The Morgan fingerprint density at radius 3 is 2.58 bits per heavy atom. The molecule has 170 valence electrons. The molecule has 0 unspecified atom stereocenters. The van der Waals surface area contributed by atoms with Crippen molar-refractivity contribution in [2.24, 2.45) is 0 Å². The Hall–Kier alpha value is -2.97. The van der Waals surface area contributed by atoms with E-state index in [0.29, 0.717) is 26.0 Å². The van der Waals surface area contributed by atoms with Crippen LogP contribution < -0.4 is 10.2 Å². The van der Waals surface area contributed by atoms with E-state index in [4.69, 9.17) is 12.2 Å². The summed E-state index contributed by atoms with van der Waals surface area (Å²) in [6.45, 7) is 7.65. The molecule has 2 aromatic carbocycles. The van der Waals surface area contributed by atoms with E-state index in [1.807, 2.05) is 58.0 Å². The van der Waals surface area contributed by atoms with Crippen LogP contribution >= 0.6 is 24.0 Å². The summed E-state index contributed by atoms with van der Waals surface area (Å²) >= 11 is 6.61. The third-order valence-corrected chi connectivity index (χ3v) is 7.35. The molecule has 1 saturated heterocycles. The molecule has 8 heteroatoms. The Morgan fingerprint density at radius 2 is 1.85 bits per heavy atom. The number of nitrogens with one attached hydrogen (secondary N) is 1. The maximum absolute atomic E-state index is 13.5. The molecule has 0 aromatic heterocycles. The molecule has 0 bridgehead atoms. The minimum atomic E-state index is -0.364. The number of anilines is 2. The third-order valence-electron chi connectivity index (χ3n) is 5.95. The van der Waals surface area contributed by atoms with Crippen LogP contribution in [0.4, 0.5) is 11.4 Å². The van der Waals surface area contributed by atoms with Crippen molar-refractivity contribution in [3.63, 3.8) is 0 Å². The highest BCUT2D eigenvalue weighted by molar-refractivity contribution is 8.26. The summed E-state index contributed by atoms with van der Waals surface area (Å²) in [7, 11) is 0. The van der Waals surface area contributed by atoms with Crippen molar-refractivity contribution in [2.75, 3.05) is 16.8 Å². The molecule has 0 saturated carbocycles. The number of carbonyl (C=O) groups is 3. The highest BCUT2D eigenvalue weighted by Gasteiger charge is 2.43. The van der Waals surface area contributed by atoms with Crippen LogP contribution in [0.15, 0.2) is 47.4 Å². The number of carbonyl (C=O) groups excluding carboxylic acids is 3. The van der Waals surface area contributed by atoms with Crippen LogP contribution in [-0.4, -0.2) is 39.5 Å². The van der Waals surface area contributed by atoms with Crippen molar-refractivity contribution in [3.8, 4) is 0 Å². The first-order chi connectivity index (χ1) is 15.7. The van der Waals surface area contributed by atoms with E-state index in [1.165, 1.54) is 4.90 Å². The van der Waals surface area contributed by atoms with Gasteiger partial charge in [-0.1, -0.05) is 61.2 Å². The topological polar surface area (TPSA) is 69.7 Å². The lowest BCUT2D eigenvalue weighted by Gasteiger charge is -2.21. The summed E-state index contributed by atoms with van der Waals surface area (Å²) in [5.41, 5.74) is 4.26. The van der Waals surface area contributed by atoms with E-state index in [2.05, 4.69) is 5.32 Å². The molecule has 0 radical (unpaired) electrons. The fourth-order valence-corrected chi connectivity index (χ4v) is 5.49. The zero-order chi connectivity index (χ0) is 23.9. The highest BCUT2D eigenvalue weighted by atomic mass is 32.2. The molecule has 2 aliphatic heterocycles. The number of thiocarbonyl (C=S) groups is 1. The van der Waals surface area contributed by atoms with Crippen molar-refractivity contribution in [1.29, 1.82) is 0 Å². The minimum Gasteiger partial charge on any atom is -0.324 e. The van der Waals surface area contributed by atoms with E-state index in [-0.39, 0.29) is 30.3 Å². The van der Waals surface area contributed by atoms with Crippen LogP contribution in [-0.2, 0) is 14.4 Å². The molecule has 4 rings (SSSR count). The molecular weight excluding hydrogens is 454 g/mol. The Balaban J connectivity index is 1.66. The van der Waals surface area contributed by atoms with Gasteiger partial charge in [0.1, 0.15) is 10.9 Å². The van der Waals surface area contributed by atoms with Gasteiger partial charge in [0.2, 0.25) is 5.91 Å². The summed E-state index contributed by atoms with van der Waals surface area (Å²) < 4.78 is 0.452. The predicted octanol–water partition coefficient (Wildman–Crippen LogP) is 4.66. The smallest absolute Gasteiger partial charge is 0.267 e. The van der Waals surface area contributed by atoms with E-state index >= 15 is 0 Å². The van der Waals surface area contributed by atoms with Gasteiger partial charge in [-0.2, -0.15) is 0 Å². The van der Waals surface area contributed by atoms with Gasteiger partial charge in [0, 0.05) is 17.3 Å². The lowest BCUT2D eigenvalue weighted by molar-refractivity contribution is -0.123. The zero-order valence-electron chi connectivity index (χ0n) is 19.0. The highest BCUT2D eigenvalue weighted by Crippen LogP contribution is 2.45. The van der Waals surface area contributed by atoms with Gasteiger partial charge in [0.05, 0.1) is 16.2 Å². The maximum atomic E-state index is 13.5.